The Morgan fingerprint density at radius 1 is 1.31 bits per heavy atom. The van der Waals surface area contributed by atoms with Crippen LogP contribution in [-0.4, -0.2) is 61.4 Å². The van der Waals surface area contributed by atoms with Crippen LogP contribution in [0.5, 0.6) is 5.88 Å². The van der Waals surface area contributed by atoms with Crippen molar-refractivity contribution in [2.75, 3.05) is 19.0 Å². The van der Waals surface area contributed by atoms with Crippen LogP contribution in [0.2, 0.25) is 0 Å². The predicted molar refractivity (Wildman–Crippen MR) is 117 cm³/mol. The molecular weight excluding hydrogens is 415 g/mol. The number of nitrogens with one attached hydrogen (secondary N) is 1. The number of rotatable bonds is 4. The van der Waals surface area contributed by atoms with Gasteiger partial charge in [0.25, 0.3) is 5.88 Å². The quantitative estimate of drug-likeness (QED) is 0.631. The highest BCUT2D eigenvalue weighted by Crippen LogP contribution is 2.35. The lowest BCUT2D eigenvalue weighted by atomic mass is 9.77. The largest absolute Gasteiger partial charge is 0.479 e. The van der Waals surface area contributed by atoms with Crippen LogP contribution in [0, 0.1) is 11.2 Å². The average molecular weight is 442 g/mol. The second kappa shape index (κ2) is 8.25. The molecule has 9 nitrogen and oxygen atoms in total. The molecule has 0 saturated carbocycles. The Kier molecular flexibility index (Phi) is 5.62. The summed E-state index contributed by atoms with van der Waals surface area (Å²) in [6.45, 7) is 6.39. The molecule has 1 unspecified atom stereocenters. The number of aromatic nitrogens is 4. The molecule has 1 fully saturated rings. The van der Waals surface area contributed by atoms with E-state index in [0.717, 1.165) is 5.52 Å². The van der Waals surface area contributed by atoms with Crippen LogP contribution in [0.3, 0.4) is 0 Å². The van der Waals surface area contributed by atoms with Crippen LogP contribution in [0.1, 0.15) is 33.6 Å². The van der Waals surface area contributed by atoms with E-state index in [1.165, 1.54) is 12.0 Å². The number of piperidine rings is 1. The van der Waals surface area contributed by atoms with E-state index in [1.54, 1.807) is 16.9 Å². The number of amides is 1. The molecule has 2 atom stereocenters. The van der Waals surface area contributed by atoms with Gasteiger partial charge in [-0.15, -0.1) is 0 Å². The van der Waals surface area contributed by atoms with Crippen LogP contribution in [0.25, 0.3) is 16.9 Å². The van der Waals surface area contributed by atoms with Gasteiger partial charge in [0.15, 0.2) is 11.6 Å². The van der Waals surface area contributed by atoms with Gasteiger partial charge in [-0.2, -0.15) is 14.5 Å². The molecule has 0 aromatic carbocycles. The van der Waals surface area contributed by atoms with Gasteiger partial charge < -0.3 is 20.1 Å². The van der Waals surface area contributed by atoms with Crippen LogP contribution < -0.4 is 10.1 Å². The molecule has 170 valence electrons. The van der Waals surface area contributed by atoms with E-state index in [1.807, 2.05) is 39.0 Å². The summed E-state index contributed by atoms with van der Waals surface area (Å²) in [6, 6.07) is 4.90. The number of hydrogen-bond donors (Lipinski definition) is 2. The Morgan fingerprint density at radius 3 is 2.78 bits per heavy atom. The number of nitrogens with zero attached hydrogens (tertiary/aromatic N) is 5. The molecule has 4 rings (SSSR count). The fraction of sp³-hybridized carbons (Fsp3) is 0.455. The lowest BCUT2D eigenvalue weighted by Crippen LogP contribution is -2.58. The molecule has 1 amide bonds. The minimum Gasteiger partial charge on any atom is -0.479 e. The molecule has 1 aliphatic heterocycles. The van der Waals surface area contributed by atoms with Crippen molar-refractivity contribution in [3.05, 3.63) is 36.4 Å². The summed E-state index contributed by atoms with van der Waals surface area (Å²) in [6.07, 6.45) is 3.79. The van der Waals surface area contributed by atoms with E-state index in [4.69, 9.17) is 4.74 Å². The number of halogens is 1. The second-order valence-electron chi connectivity index (χ2n) is 8.99. The van der Waals surface area contributed by atoms with Gasteiger partial charge >= 0.3 is 6.09 Å². The van der Waals surface area contributed by atoms with Crippen molar-refractivity contribution in [2.24, 2.45) is 5.41 Å². The zero-order valence-electron chi connectivity index (χ0n) is 18.5. The van der Waals surface area contributed by atoms with E-state index < -0.39 is 11.9 Å². The van der Waals surface area contributed by atoms with Crippen LogP contribution in [0.4, 0.5) is 15.0 Å². The van der Waals surface area contributed by atoms with E-state index in [0.29, 0.717) is 24.9 Å². The minimum atomic E-state index is -0.982. The Hall–Kier alpha value is -3.43. The highest BCUT2D eigenvalue weighted by Gasteiger charge is 2.42. The van der Waals surface area contributed by atoms with Gasteiger partial charge in [-0.1, -0.05) is 26.8 Å². The molecule has 1 saturated heterocycles. The smallest absolute Gasteiger partial charge is 0.407 e. The van der Waals surface area contributed by atoms with E-state index in [9.17, 15) is 9.90 Å². The molecule has 4 heterocycles. The average Bonchev–Trinajstić information content (AvgIpc) is 3.18. The first-order valence-electron chi connectivity index (χ1n) is 10.5. The zero-order valence-corrected chi connectivity index (χ0v) is 18.5. The van der Waals surface area contributed by atoms with Crippen molar-refractivity contribution in [1.29, 1.82) is 0 Å². The maximum absolute atomic E-state index is 15.2. The molecule has 10 heteroatoms. The second-order valence-corrected chi connectivity index (χ2v) is 8.99. The van der Waals surface area contributed by atoms with Gasteiger partial charge in [-0.05, 0) is 30.4 Å². The van der Waals surface area contributed by atoms with Crippen molar-refractivity contribution in [3.63, 3.8) is 0 Å². The summed E-state index contributed by atoms with van der Waals surface area (Å²) in [5, 5.41) is 17.2. The molecule has 32 heavy (non-hydrogen) atoms. The monoisotopic (exact) mass is 442 g/mol. The van der Waals surface area contributed by atoms with Gasteiger partial charge in [-0.3, -0.25) is 0 Å². The SMILES string of the molecule is COc1nc(-c2cnn3ccccc23)nc(N[C@@H]2CCCN(C(=O)O)C2C(C)(C)C)c1F. The third-order valence-electron chi connectivity index (χ3n) is 5.77. The molecule has 0 bridgehead atoms. The maximum Gasteiger partial charge on any atom is 0.407 e. The molecule has 0 aliphatic carbocycles. The predicted octanol–water partition coefficient (Wildman–Crippen LogP) is 3.91. The number of anilines is 1. The van der Waals surface area contributed by atoms with Crippen LogP contribution in [-0.2, 0) is 0 Å². The van der Waals surface area contributed by atoms with Crippen LogP contribution >= 0.6 is 0 Å². The third kappa shape index (κ3) is 3.92. The van der Waals surface area contributed by atoms with Crippen molar-refractivity contribution < 1.29 is 19.0 Å². The lowest BCUT2D eigenvalue weighted by molar-refractivity contribution is 0.0517. The Labute approximate surface area is 185 Å². The summed E-state index contributed by atoms with van der Waals surface area (Å²) >= 11 is 0. The van der Waals surface area contributed by atoms with Crippen molar-refractivity contribution in [2.45, 2.75) is 45.7 Å². The van der Waals surface area contributed by atoms with Gasteiger partial charge in [0.05, 0.1) is 30.4 Å². The number of likely N-dealkylation sites (tertiary alicyclic amines) is 1. The fourth-order valence-electron chi connectivity index (χ4n) is 4.49. The molecular formula is C22H27FN6O3. The maximum atomic E-state index is 15.2. The first kappa shape index (κ1) is 21.8. The number of fused-ring (bicyclic) bond motifs is 1. The number of carbonyl (C=O) groups is 1. The summed E-state index contributed by atoms with van der Waals surface area (Å²) in [5.74, 6) is -0.655. The number of methoxy groups -OCH3 is 1. The van der Waals surface area contributed by atoms with Crippen molar-refractivity contribution in [3.8, 4) is 17.3 Å². The normalized spacial score (nSPS) is 19.2. The van der Waals surface area contributed by atoms with Gasteiger partial charge in [0.2, 0.25) is 5.82 Å². The lowest BCUT2D eigenvalue weighted by Gasteiger charge is -2.47. The fourth-order valence-corrected chi connectivity index (χ4v) is 4.49. The first-order valence-corrected chi connectivity index (χ1v) is 10.5. The summed E-state index contributed by atoms with van der Waals surface area (Å²) < 4.78 is 22.0. The minimum absolute atomic E-state index is 0.0198. The molecule has 0 spiro atoms. The third-order valence-corrected chi connectivity index (χ3v) is 5.77. The number of pyridine rings is 1. The van der Waals surface area contributed by atoms with E-state index in [2.05, 4.69) is 20.4 Å². The Bertz CT molecular complexity index is 1140. The molecule has 1 aliphatic rings. The van der Waals surface area contributed by atoms with Gasteiger partial charge in [0, 0.05) is 18.8 Å². The summed E-state index contributed by atoms with van der Waals surface area (Å²) in [5.41, 5.74) is 1.04. The van der Waals surface area contributed by atoms with Crippen LogP contribution in [0.15, 0.2) is 30.6 Å². The number of carboxylic acid groups (broad SMARTS) is 1. The molecule has 2 N–H and O–H groups in total. The van der Waals surface area contributed by atoms with Gasteiger partial charge in [-0.25, -0.2) is 14.3 Å². The summed E-state index contributed by atoms with van der Waals surface area (Å²) in [4.78, 5) is 22.0. The van der Waals surface area contributed by atoms with E-state index >= 15 is 4.39 Å². The molecule has 3 aromatic rings. The van der Waals surface area contributed by atoms with Crippen molar-refractivity contribution in [1.82, 2.24) is 24.5 Å². The van der Waals surface area contributed by atoms with Crippen molar-refractivity contribution >= 4 is 17.4 Å². The Balaban J connectivity index is 1.76. The highest BCUT2D eigenvalue weighted by atomic mass is 19.1. The van der Waals surface area contributed by atoms with Gasteiger partial charge in [0.1, 0.15) is 0 Å². The standard InChI is InChI=1S/C22H27FN6O3/c1-22(2,3)17-14(8-7-10-28(17)21(30)31)25-19-16(23)20(32-4)27-18(26-19)13-12-24-29-11-6-5-9-15(13)29/h5-6,9,11-12,14,17H,7-8,10H2,1-4H3,(H,30,31)(H,25,26,27)/t14-,17?/m1/s1. The Morgan fingerprint density at radius 2 is 2.09 bits per heavy atom. The summed E-state index contributed by atoms with van der Waals surface area (Å²) in [7, 11) is 1.35. The zero-order chi connectivity index (χ0) is 23.0. The first-order chi connectivity index (χ1) is 15.2. The van der Waals surface area contributed by atoms with E-state index in [-0.39, 0.29) is 35.0 Å². The highest BCUT2D eigenvalue weighted by molar-refractivity contribution is 5.76. The topological polar surface area (TPSA) is 105 Å². The number of hydrogen-bond acceptors (Lipinski definition) is 6. The molecule has 0 radical (unpaired) electrons. The molecule has 3 aromatic heterocycles. The number of ether oxygens (including phenoxy) is 1.